The van der Waals surface area contributed by atoms with Gasteiger partial charge in [-0.25, -0.2) is 0 Å². The molecule has 0 spiro atoms. The van der Waals surface area contributed by atoms with Crippen LogP contribution in [0.2, 0.25) is 0 Å². The smallest absolute Gasteiger partial charge is 0.238 e. The minimum absolute atomic E-state index is 0.0320. The summed E-state index contributed by atoms with van der Waals surface area (Å²) in [6.45, 7) is 4.17. The zero-order valence-electron chi connectivity index (χ0n) is 9.76. The van der Waals surface area contributed by atoms with Crippen LogP contribution in [0.3, 0.4) is 0 Å². The largest absolute Gasteiger partial charge is 0.352 e. The van der Waals surface area contributed by atoms with E-state index in [0.717, 1.165) is 25.7 Å². The minimum atomic E-state index is -0.356. The van der Waals surface area contributed by atoms with Crippen LogP contribution >= 0.6 is 11.6 Å². The Hall–Kier alpha value is -0.240. The van der Waals surface area contributed by atoms with E-state index in [-0.39, 0.29) is 17.2 Å². The monoisotopic (exact) mass is 231 g/mol. The van der Waals surface area contributed by atoms with Crippen LogP contribution in [-0.4, -0.2) is 17.3 Å². The topological polar surface area (TPSA) is 29.1 Å². The molecule has 0 saturated heterocycles. The fourth-order valence-electron chi connectivity index (χ4n) is 2.21. The first-order valence-corrected chi connectivity index (χ1v) is 6.53. The molecule has 1 aliphatic rings. The molecule has 1 aliphatic carbocycles. The van der Waals surface area contributed by atoms with Crippen molar-refractivity contribution in [2.45, 2.75) is 63.8 Å². The number of hydrogen-bond donors (Lipinski definition) is 1. The molecule has 88 valence electrons. The Kier molecular flexibility index (Phi) is 5.44. The van der Waals surface area contributed by atoms with Crippen molar-refractivity contribution in [3.8, 4) is 0 Å². The van der Waals surface area contributed by atoms with Gasteiger partial charge in [0.15, 0.2) is 0 Å². The molecule has 15 heavy (non-hydrogen) atoms. The van der Waals surface area contributed by atoms with Crippen molar-refractivity contribution >= 4 is 17.5 Å². The number of carbonyl (C=O) groups excluding carboxylic acids is 1. The molecule has 0 aromatic rings. The summed E-state index contributed by atoms with van der Waals surface area (Å²) in [7, 11) is 0. The molecular formula is C12H22ClNO. The van der Waals surface area contributed by atoms with Gasteiger partial charge in [-0.1, -0.05) is 33.1 Å². The lowest BCUT2D eigenvalue weighted by Gasteiger charge is -2.19. The molecule has 2 atom stereocenters. The van der Waals surface area contributed by atoms with Gasteiger partial charge in [0, 0.05) is 6.04 Å². The number of halogens is 1. The molecular weight excluding hydrogens is 210 g/mol. The van der Waals surface area contributed by atoms with E-state index in [9.17, 15) is 4.79 Å². The maximum atomic E-state index is 11.8. The number of nitrogens with one attached hydrogen (secondary N) is 1. The summed E-state index contributed by atoms with van der Waals surface area (Å²) in [5.41, 5.74) is 0. The summed E-state index contributed by atoms with van der Waals surface area (Å²) in [6.07, 6.45) is 6.83. The Labute approximate surface area is 97.8 Å². The summed E-state index contributed by atoms with van der Waals surface area (Å²) in [6, 6.07) is 0.382. The van der Waals surface area contributed by atoms with Crippen LogP contribution in [0.1, 0.15) is 52.4 Å². The van der Waals surface area contributed by atoms with Crippen molar-refractivity contribution in [1.82, 2.24) is 5.32 Å². The van der Waals surface area contributed by atoms with Crippen LogP contribution in [-0.2, 0) is 4.79 Å². The number of alkyl halides is 1. The van der Waals surface area contributed by atoms with E-state index in [4.69, 9.17) is 11.6 Å². The van der Waals surface area contributed by atoms with Gasteiger partial charge in [-0.05, 0) is 25.2 Å². The maximum Gasteiger partial charge on any atom is 0.238 e. The van der Waals surface area contributed by atoms with Crippen molar-refractivity contribution < 1.29 is 4.79 Å². The second kappa shape index (κ2) is 6.37. The maximum absolute atomic E-state index is 11.8. The highest BCUT2D eigenvalue weighted by Crippen LogP contribution is 2.20. The van der Waals surface area contributed by atoms with E-state index in [0.29, 0.717) is 6.04 Å². The lowest BCUT2D eigenvalue weighted by Crippen LogP contribution is -2.40. The Morgan fingerprint density at radius 1 is 1.47 bits per heavy atom. The lowest BCUT2D eigenvalue weighted by molar-refractivity contribution is -0.122. The Balaban J connectivity index is 2.31. The molecule has 1 fully saturated rings. The molecule has 0 bridgehead atoms. The zero-order valence-corrected chi connectivity index (χ0v) is 10.5. The van der Waals surface area contributed by atoms with E-state index in [1.165, 1.54) is 12.8 Å². The van der Waals surface area contributed by atoms with E-state index < -0.39 is 0 Å². The zero-order chi connectivity index (χ0) is 11.3. The van der Waals surface area contributed by atoms with Crippen LogP contribution in [0.15, 0.2) is 0 Å². The second-order valence-electron chi connectivity index (χ2n) is 4.66. The third-order valence-corrected chi connectivity index (χ3v) is 3.82. The molecule has 0 radical (unpaired) electrons. The van der Waals surface area contributed by atoms with Crippen molar-refractivity contribution in [3.05, 3.63) is 0 Å². The molecule has 1 rings (SSSR count). The molecule has 2 nitrogen and oxygen atoms in total. The Morgan fingerprint density at radius 2 is 2.07 bits per heavy atom. The molecule has 1 amide bonds. The standard InChI is InChI=1S/C12H22ClNO/c1-3-6-9(2)11(13)12(15)14-10-7-4-5-8-10/h9-11H,3-8H2,1-2H3,(H,14,15). The van der Waals surface area contributed by atoms with Crippen molar-refractivity contribution in [2.75, 3.05) is 0 Å². The van der Waals surface area contributed by atoms with Gasteiger partial charge < -0.3 is 5.32 Å². The Morgan fingerprint density at radius 3 is 2.60 bits per heavy atom. The number of rotatable bonds is 5. The van der Waals surface area contributed by atoms with Gasteiger partial charge in [0.25, 0.3) is 0 Å². The molecule has 0 aliphatic heterocycles. The van der Waals surface area contributed by atoms with Gasteiger partial charge in [-0.2, -0.15) is 0 Å². The quantitative estimate of drug-likeness (QED) is 0.724. The molecule has 1 N–H and O–H groups in total. The van der Waals surface area contributed by atoms with Gasteiger partial charge >= 0.3 is 0 Å². The molecule has 3 heteroatoms. The summed E-state index contributed by atoms with van der Waals surface area (Å²) >= 11 is 6.13. The molecule has 0 aromatic carbocycles. The number of carbonyl (C=O) groups is 1. The fraction of sp³-hybridized carbons (Fsp3) is 0.917. The average molecular weight is 232 g/mol. The van der Waals surface area contributed by atoms with Crippen molar-refractivity contribution in [2.24, 2.45) is 5.92 Å². The molecule has 0 heterocycles. The highest BCUT2D eigenvalue weighted by molar-refractivity contribution is 6.30. The van der Waals surface area contributed by atoms with Gasteiger partial charge in [0.2, 0.25) is 5.91 Å². The summed E-state index contributed by atoms with van der Waals surface area (Å²) in [5.74, 6) is 0.308. The summed E-state index contributed by atoms with van der Waals surface area (Å²) in [5, 5.41) is 2.69. The van der Waals surface area contributed by atoms with Crippen LogP contribution in [0.5, 0.6) is 0 Å². The number of hydrogen-bond acceptors (Lipinski definition) is 1. The average Bonchev–Trinajstić information content (AvgIpc) is 2.69. The second-order valence-corrected chi connectivity index (χ2v) is 5.13. The van der Waals surface area contributed by atoms with E-state index in [1.807, 2.05) is 0 Å². The van der Waals surface area contributed by atoms with Gasteiger partial charge in [0.05, 0.1) is 0 Å². The van der Waals surface area contributed by atoms with E-state index in [2.05, 4.69) is 19.2 Å². The minimum Gasteiger partial charge on any atom is -0.352 e. The highest BCUT2D eigenvalue weighted by Gasteiger charge is 2.25. The van der Waals surface area contributed by atoms with Gasteiger partial charge in [0.1, 0.15) is 5.38 Å². The first-order chi connectivity index (χ1) is 7.15. The predicted molar refractivity (Wildman–Crippen MR) is 64.1 cm³/mol. The SMILES string of the molecule is CCCC(C)C(Cl)C(=O)NC1CCCC1. The van der Waals surface area contributed by atoms with Crippen LogP contribution in [0.25, 0.3) is 0 Å². The van der Waals surface area contributed by atoms with Crippen LogP contribution < -0.4 is 5.32 Å². The molecule has 2 unspecified atom stereocenters. The number of amides is 1. The normalized spacial score (nSPS) is 21.3. The molecule has 1 saturated carbocycles. The van der Waals surface area contributed by atoms with Crippen molar-refractivity contribution in [1.29, 1.82) is 0 Å². The summed E-state index contributed by atoms with van der Waals surface area (Å²) in [4.78, 5) is 11.8. The first-order valence-electron chi connectivity index (χ1n) is 6.09. The van der Waals surface area contributed by atoms with Crippen molar-refractivity contribution in [3.63, 3.8) is 0 Å². The van der Waals surface area contributed by atoms with Gasteiger partial charge in [-0.15, -0.1) is 11.6 Å². The third kappa shape index (κ3) is 4.02. The first kappa shape index (κ1) is 12.8. The van der Waals surface area contributed by atoms with E-state index in [1.54, 1.807) is 0 Å². The van der Waals surface area contributed by atoms with Crippen LogP contribution in [0, 0.1) is 5.92 Å². The van der Waals surface area contributed by atoms with E-state index >= 15 is 0 Å². The van der Waals surface area contributed by atoms with Crippen LogP contribution in [0.4, 0.5) is 0 Å². The Bertz CT molecular complexity index is 202. The lowest BCUT2D eigenvalue weighted by atomic mass is 10.0. The fourth-order valence-corrected chi connectivity index (χ4v) is 2.40. The predicted octanol–water partition coefficient (Wildman–Crippen LogP) is 3.09. The third-order valence-electron chi connectivity index (χ3n) is 3.20. The van der Waals surface area contributed by atoms with Gasteiger partial charge in [-0.3, -0.25) is 4.79 Å². The molecule has 0 aromatic heterocycles. The highest BCUT2D eigenvalue weighted by atomic mass is 35.5. The summed E-state index contributed by atoms with van der Waals surface area (Å²) < 4.78 is 0.